The second kappa shape index (κ2) is 17.4. The Morgan fingerprint density at radius 1 is 0.250 bits per heavy atom. The summed E-state index contributed by atoms with van der Waals surface area (Å²) >= 11 is 13.4. The van der Waals surface area contributed by atoms with Gasteiger partial charge in [-0.25, -0.2) is 0 Å². The van der Waals surface area contributed by atoms with Gasteiger partial charge in [-0.2, -0.15) is 0 Å². The Morgan fingerprint density at radius 2 is 0.500 bits per heavy atom. The van der Waals surface area contributed by atoms with Crippen LogP contribution in [0.5, 0.6) is 0 Å². The van der Waals surface area contributed by atoms with E-state index in [1.165, 1.54) is 5.56 Å². The van der Waals surface area contributed by atoms with E-state index in [0.29, 0.717) is 10.0 Å². The molecule has 0 radical (unpaired) electrons. The number of nitrogens with zero attached hydrogens (tertiary/aromatic N) is 3. The number of halogens is 2. The van der Waals surface area contributed by atoms with E-state index in [1.807, 2.05) is 72.8 Å². The summed E-state index contributed by atoms with van der Waals surface area (Å²) in [7, 11) is 0. The van der Waals surface area contributed by atoms with Crippen molar-refractivity contribution in [3.63, 3.8) is 0 Å². The average Bonchev–Trinajstić information content (AvgIpc) is 3.30. The van der Waals surface area contributed by atoms with Gasteiger partial charge in [-0.1, -0.05) is 150 Å². The van der Waals surface area contributed by atoms with E-state index in [2.05, 4.69) is 179 Å². The maximum Gasteiger partial charge on any atom is 0.0647 e. The fourth-order valence-electron chi connectivity index (χ4n) is 7.63. The third kappa shape index (κ3) is 8.15. The maximum absolute atomic E-state index is 6.72. The summed E-state index contributed by atoms with van der Waals surface area (Å²) in [6.07, 6.45) is 0. The molecule has 0 aliphatic rings. The normalized spacial score (nSPS) is 10.9. The molecule has 5 heteroatoms. The van der Waals surface area contributed by atoms with Gasteiger partial charge in [0, 0.05) is 39.8 Å². The molecule has 0 aliphatic carbocycles. The highest BCUT2D eigenvalue weighted by Gasteiger charge is 2.18. The molecule has 290 valence electrons. The molecule has 0 bridgehead atoms. The van der Waals surface area contributed by atoms with Gasteiger partial charge in [-0.15, -0.1) is 0 Å². The molecule has 60 heavy (non-hydrogen) atoms. The van der Waals surface area contributed by atoms with Gasteiger partial charge < -0.3 is 14.7 Å². The predicted molar refractivity (Wildman–Crippen MR) is 256 cm³/mol. The van der Waals surface area contributed by atoms with E-state index >= 15 is 0 Å². The number of benzene rings is 9. The fraction of sp³-hybridized carbons (Fsp3) is 0.0182. The van der Waals surface area contributed by atoms with Gasteiger partial charge >= 0.3 is 0 Å². The molecular weight excluding hydrogens is 774 g/mol. The number of hydrogen-bond acceptors (Lipinski definition) is 3. The highest BCUT2D eigenvalue weighted by molar-refractivity contribution is 6.34. The van der Waals surface area contributed by atoms with Crippen molar-refractivity contribution in [1.82, 2.24) is 0 Å². The van der Waals surface area contributed by atoms with Crippen molar-refractivity contribution in [3.05, 3.63) is 246 Å². The van der Waals surface area contributed by atoms with E-state index in [0.717, 1.165) is 73.4 Å². The molecule has 9 rings (SSSR count). The Kier molecular flexibility index (Phi) is 11.2. The third-order valence-electron chi connectivity index (χ3n) is 10.7. The molecule has 0 atom stereocenters. The van der Waals surface area contributed by atoms with Crippen LogP contribution < -0.4 is 14.7 Å². The summed E-state index contributed by atoms with van der Waals surface area (Å²) in [5.74, 6) is 0. The lowest BCUT2D eigenvalue weighted by atomic mass is 10.0. The van der Waals surface area contributed by atoms with Gasteiger partial charge in [0.25, 0.3) is 0 Å². The zero-order valence-electron chi connectivity index (χ0n) is 33.0. The molecule has 0 N–H and O–H groups in total. The minimum Gasteiger partial charge on any atom is -0.311 e. The van der Waals surface area contributed by atoms with Crippen LogP contribution in [0.4, 0.5) is 51.2 Å². The summed E-state index contributed by atoms with van der Waals surface area (Å²) in [6.45, 7) is 2.12. The lowest BCUT2D eigenvalue weighted by Gasteiger charge is -2.27. The monoisotopic (exact) mass is 813 g/mol. The number of rotatable bonds is 11. The topological polar surface area (TPSA) is 9.72 Å². The Bertz CT molecular complexity index is 2630. The molecule has 0 aliphatic heterocycles. The van der Waals surface area contributed by atoms with Crippen molar-refractivity contribution >= 4 is 74.4 Å². The molecule has 0 spiro atoms. The zero-order chi connectivity index (χ0) is 40.8. The van der Waals surface area contributed by atoms with Gasteiger partial charge in [0.05, 0.1) is 21.4 Å². The van der Waals surface area contributed by atoms with Crippen molar-refractivity contribution in [2.45, 2.75) is 6.92 Å². The SMILES string of the molecule is Cc1ccc(N(c2ccc(-c3ccc(N(c4ccccc4)c4ccccc4Cl)cc3)cc2)c2ccc(-c3ccc(N(c4ccccc4)c4ccccc4Cl)cc3)cc2)cc1. The van der Waals surface area contributed by atoms with Crippen molar-refractivity contribution in [2.24, 2.45) is 0 Å². The summed E-state index contributed by atoms with van der Waals surface area (Å²) in [5, 5.41) is 1.40. The minimum absolute atomic E-state index is 0.698. The number of anilines is 9. The van der Waals surface area contributed by atoms with Crippen molar-refractivity contribution in [1.29, 1.82) is 0 Å². The maximum atomic E-state index is 6.72. The van der Waals surface area contributed by atoms with E-state index in [9.17, 15) is 0 Å². The van der Waals surface area contributed by atoms with Gasteiger partial charge in [0.1, 0.15) is 0 Å². The van der Waals surface area contributed by atoms with Crippen LogP contribution in [0.3, 0.4) is 0 Å². The molecule has 0 saturated carbocycles. The van der Waals surface area contributed by atoms with Crippen molar-refractivity contribution in [3.8, 4) is 22.3 Å². The smallest absolute Gasteiger partial charge is 0.0647 e. The molecule has 9 aromatic carbocycles. The number of aryl methyl sites for hydroxylation is 1. The average molecular weight is 815 g/mol. The molecular formula is C55H41Cl2N3. The third-order valence-corrected chi connectivity index (χ3v) is 11.3. The second-order valence-electron chi connectivity index (χ2n) is 14.6. The van der Waals surface area contributed by atoms with Gasteiger partial charge in [-0.05, 0) is 138 Å². The lowest BCUT2D eigenvalue weighted by Crippen LogP contribution is -2.10. The quantitative estimate of drug-likeness (QED) is 0.129. The van der Waals surface area contributed by atoms with E-state index in [1.54, 1.807) is 0 Å². The number of para-hydroxylation sites is 4. The first-order valence-corrected chi connectivity index (χ1v) is 20.7. The first kappa shape index (κ1) is 38.5. The van der Waals surface area contributed by atoms with Gasteiger partial charge in [0.2, 0.25) is 0 Å². The van der Waals surface area contributed by atoms with Gasteiger partial charge in [0.15, 0.2) is 0 Å². The summed E-state index contributed by atoms with van der Waals surface area (Å²) in [5.41, 5.74) is 15.0. The Morgan fingerprint density at radius 3 is 0.817 bits per heavy atom. The van der Waals surface area contributed by atoms with Crippen LogP contribution in [0.2, 0.25) is 10.0 Å². The van der Waals surface area contributed by atoms with Crippen molar-refractivity contribution in [2.75, 3.05) is 14.7 Å². The van der Waals surface area contributed by atoms with E-state index in [-0.39, 0.29) is 0 Å². The Balaban J connectivity index is 0.987. The zero-order valence-corrected chi connectivity index (χ0v) is 34.5. The summed E-state index contributed by atoms with van der Waals surface area (Å²) in [6, 6.07) is 80.2. The predicted octanol–water partition coefficient (Wildman–Crippen LogP) is 17.0. The van der Waals surface area contributed by atoms with Crippen LogP contribution in [0, 0.1) is 6.92 Å². The molecule has 3 nitrogen and oxygen atoms in total. The molecule has 0 aromatic heterocycles. The molecule has 0 amide bonds. The van der Waals surface area contributed by atoms with Crippen LogP contribution in [-0.2, 0) is 0 Å². The first-order chi connectivity index (χ1) is 29.5. The largest absolute Gasteiger partial charge is 0.311 e. The van der Waals surface area contributed by atoms with Crippen LogP contribution in [-0.4, -0.2) is 0 Å². The highest BCUT2D eigenvalue weighted by Crippen LogP contribution is 2.42. The molecule has 0 saturated heterocycles. The standard InChI is InChI=1S/C55H41Cl2N3/c1-40-20-30-47(31-21-40)58(48-32-22-41(23-33-48)43-26-36-50(37-27-43)59(45-12-4-2-5-13-45)54-18-10-8-16-52(54)56)49-34-24-42(25-35-49)44-28-38-51(39-29-44)60(46-14-6-3-7-15-46)55-19-11-9-17-53(55)57/h2-39H,1H3. The van der Waals surface area contributed by atoms with E-state index < -0.39 is 0 Å². The molecule has 0 unspecified atom stereocenters. The van der Waals surface area contributed by atoms with Crippen LogP contribution in [0.25, 0.3) is 22.3 Å². The highest BCUT2D eigenvalue weighted by atomic mass is 35.5. The van der Waals surface area contributed by atoms with Gasteiger partial charge in [-0.3, -0.25) is 0 Å². The fourth-order valence-corrected chi connectivity index (χ4v) is 8.07. The second-order valence-corrected chi connectivity index (χ2v) is 15.4. The van der Waals surface area contributed by atoms with Crippen LogP contribution in [0.1, 0.15) is 5.56 Å². The molecule has 0 heterocycles. The first-order valence-electron chi connectivity index (χ1n) is 20.0. The number of hydrogen-bond donors (Lipinski definition) is 0. The molecule has 0 fully saturated rings. The van der Waals surface area contributed by atoms with Crippen LogP contribution in [0.15, 0.2) is 231 Å². The Hall–Kier alpha value is -7.04. The van der Waals surface area contributed by atoms with E-state index in [4.69, 9.17) is 23.2 Å². The summed E-state index contributed by atoms with van der Waals surface area (Å²) < 4.78 is 0. The lowest BCUT2D eigenvalue weighted by molar-refractivity contribution is 1.27. The Labute approximate surface area is 362 Å². The summed E-state index contributed by atoms with van der Waals surface area (Å²) in [4.78, 5) is 6.69. The molecule has 9 aromatic rings. The van der Waals surface area contributed by atoms with Crippen molar-refractivity contribution < 1.29 is 0 Å². The minimum atomic E-state index is 0.698. The van der Waals surface area contributed by atoms with Crippen LogP contribution >= 0.6 is 23.2 Å².